The molecular weight excluding hydrogens is 744 g/mol. The molecule has 0 saturated heterocycles. The number of aliphatic hydroxyl groups is 2. The summed E-state index contributed by atoms with van der Waals surface area (Å²) in [6, 6.07) is 23.7. The van der Waals surface area contributed by atoms with Gasteiger partial charge in [-0.3, -0.25) is 9.97 Å². The van der Waals surface area contributed by atoms with Crippen molar-refractivity contribution < 1.29 is 45.3 Å². The van der Waals surface area contributed by atoms with Crippen molar-refractivity contribution in [2.24, 2.45) is 11.5 Å². The van der Waals surface area contributed by atoms with E-state index in [1.165, 1.54) is 24.5 Å². The van der Waals surface area contributed by atoms with Crippen LogP contribution in [-0.4, -0.2) is 33.3 Å². The Morgan fingerprint density at radius 1 is 0.482 bits per heavy atom. The van der Waals surface area contributed by atoms with Crippen LogP contribution in [0.5, 0.6) is 0 Å². The van der Waals surface area contributed by atoms with Crippen LogP contribution >= 0.6 is 0 Å². The second kappa shape index (κ2) is 16.3. The van der Waals surface area contributed by atoms with Gasteiger partial charge in [-0.2, -0.15) is 17.6 Å². The lowest BCUT2D eigenvalue weighted by Gasteiger charge is -2.35. The van der Waals surface area contributed by atoms with Crippen molar-refractivity contribution >= 4 is 0 Å². The SMILES string of the molecule is Cc1ccc(-c2ccc(C(F)(F)[C@@](O)(CN)c3ccc(F)cc3F)nc2)cc1.Cc1ccc(-c2ccc(C(F)(F)[C@](O)(CN)c3ccc(F)cc3F)nc2)cc1. The summed E-state index contributed by atoms with van der Waals surface area (Å²) in [5.74, 6) is -12.6. The summed E-state index contributed by atoms with van der Waals surface area (Å²) < 4.78 is 115. The number of nitrogens with zero attached hydrogens (tertiary/aromatic N) is 2. The van der Waals surface area contributed by atoms with Gasteiger partial charge in [-0.15, -0.1) is 0 Å². The number of aryl methyl sites for hydroxylation is 2. The molecule has 0 aliphatic carbocycles. The quantitative estimate of drug-likeness (QED) is 0.104. The second-order valence-electron chi connectivity index (χ2n) is 13.1. The zero-order valence-corrected chi connectivity index (χ0v) is 29.9. The number of halogens is 8. The predicted molar refractivity (Wildman–Crippen MR) is 195 cm³/mol. The number of pyridine rings is 2. The summed E-state index contributed by atoms with van der Waals surface area (Å²) in [5, 5.41) is 21.2. The molecule has 6 rings (SSSR count). The van der Waals surface area contributed by atoms with Crippen LogP contribution in [0.4, 0.5) is 35.1 Å². The Hall–Kier alpha value is -5.54. The third kappa shape index (κ3) is 8.05. The summed E-state index contributed by atoms with van der Waals surface area (Å²) in [7, 11) is 0. The smallest absolute Gasteiger partial charge is 0.323 e. The molecule has 14 heteroatoms. The Bertz CT molecular complexity index is 2110. The normalized spacial score (nSPS) is 14.0. The maximum absolute atomic E-state index is 15.1. The molecule has 0 radical (unpaired) electrons. The van der Waals surface area contributed by atoms with Gasteiger partial charge < -0.3 is 21.7 Å². The second-order valence-corrected chi connectivity index (χ2v) is 13.1. The highest BCUT2D eigenvalue weighted by atomic mass is 19.3. The van der Waals surface area contributed by atoms with Gasteiger partial charge in [-0.1, -0.05) is 83.9 Å². The predicted octanol–water partition coefficient (Wildman–Crippen LogP) is 8.55. The lowest BCUT2D eigenvalue weighted by molar-refractivity contribution is -0.193. The lowest BCUT2D eigenvalue weighted by atomic mass is 9.84. The van der Waals surface area contributed by atoms with Crippen molar-refractivity contribution in [1.82, 2.24) is 9.97 Å². The minimum atomic E-state index is -4.02. The van der Waals surface area contributed by atoms with Crippen LogP contribution in [-0.2, 0) is 23.0 Å². The van der Waals surface area contributed by atoms with E-state index in [1.54, 1.807) is 0 Å². The Kier molecular flexibility index (Phi) is 12.1. The Morgan fingerprint density at radius 2 is 0.804 bits per heavy atom. The monoisotopic (exact) mass is 780 g/mol. The third-order valence-electron chi connectivity index (χ3n) is 9.32. The number of rotatable bonds is 10. The molecule has 292 valence electrons. The van der Waals surface area contributed by atoms with Crippen LogP contribution in [0.15, 0.2) is 122 Å². The molecule has 4 aromatic carbocycles. The maximum Gasteiger partial charge on any atom is 0.323 e. The minimum absolute atomic E-state index is 0.417. The van der Waals surface area contributed by atoms with Gasteiger partial charge in [0.25, 0.3) is 0 Å². The van der Waals surface area contributed by atoms with Gasteiger partial charge >= 0.3 is 11.8 Å². The lowest BCUT2D eigenvalue weighted by Crippen LogP contribution is -2.50. The van der Waals surface area contributed by atoms with E-state index in [-0.39, 0.29) is 0 Å². The highest BCUT2D eigenvalue weighted by Gasteiger charge is 2.57. The van der Waals surface area contributed by atoms with Gasteiger partial charge in [-0.25, -0.2) is 17.6 Å². The van der Waals surface area contributed by atoms with Crippen LogP contribution in [0.3, 0.4) is 0 Å². The molecule has 0 bridgehead atoms. The molecule has 2 atom stereocenters. The van der Waals surface area contributed by atoms with Crippen molar-refractivity contribution in [2.75, 3.05) is 13.1 Å². The van der Waals surface area contributed by atoms with Crippen LogP contribution in [0, 0.1) is 37.1 Å². The number of benzene rings is 4. The Labute approximate surface area is 317 Å². The maximum atomic E-state index is 15.1. The van der Waals surface area contributed by atoms with E-state index in [2.05, 4.69) is 9.97 Å². The highest BCUT2D eigenvalue weighted by molar-refractivity contribution is 5.63. The summed E-state index contributed by atoms with van der Waals surface area (Å²) in [6.07, 6.45) is 2.48. The van der Waals surface area contributed by atoms with Crippen molar-refractivity contribution in [3.05, 3.63) is 178 Å². The van der Waals surface area contributed by atoms with Gasteiger partial charge in [0, 0.05) is 59.9 Å². The van der Waals surface area contributed by atoms with E-state index in [4.69, 9.17) is 11.5 Å². The van der Waals surface area contributed by atoms with Crippen molar-refractivity contribution in [3.8, 4) is 22.3 Å². The minimum Gasteiger partial charge on any atom is -0.377 e. The van der Waals surface area contributed by atoms with Crippen LogP contribution < -0.4 is 11.5 Å². The molecule has 6 N–H and O–H groups in total. The first kappa shape index (κ1) is 41.6. The first-order chi connectivity index (χ1) is 26.4. The van der Waals surface area contributed by atoms with Crippen LogP contribution in [0.2, 0.25) is 0 Å². The molecule has 2 heterocycles. The fraction of sp³-hybridized carbons (Fsp3) is 0.190. The third-order valence-corrected chi connectivity index (χ3v) is 9.32. The van der Waals surface area contributed by atoms with E-state index in [0.29, 0.717) is 23.3 Å². The van der Waals surface area contributed by atoms with Crippen molar-refractivity contribution in [1.29, 1.82) is 0 Å². The molecule has 0 spiro atoms. The average molecular weight is 781 g/mol. The fourth-order valence-electron chi connectivity index (χ4n) is 5.88. The molecule has 0 aliphatic rings. The Balaban J connectivity index is 0.000000214. The number of aromatic nitrogens is 2. The molecule has 2 aromatic heterocycles. The molecule has 6 aromatic rings. The molecule has 56 heavy (non-hydrogen) atoms. The van der Waals surface area contributed by atoms with Gasteiger partial charge in [0.05, 0.1) is 0 Å². The molecule has 0 fully saturated rings. The van der Waals surface area contributed by atoms with E-state index in [0.717, 1.165) is 58.7 Å². The summed E-state index contributed by atoms with van der Waals surface area (Å²) >= 11 is 0. The van der Waals surface area contributed by atoms with E-state index < -0.39 is 81.9 Å². The number of hydrogen-bond acceptors (Lipinski definition) is 6. The first-order valence-corrected chi connectivity index (χ1v) is 17.0. The van der Waals surface area contributed by atoms with Crippen molar-refractivity contribution in [3.63, 3.8) is 0 Å². The van der Waals surface area contributed by atoms with Gasteiger partial charge in [0.2, 0.25) is 0 Å². The molecule has 0 amide bonds. The van der Waals surface area contributed by atoms with Gasteiger partial charge in [-0.05, 0) is 49.2 Å². The molecular formula is C42H36F8N4O2. The number of hydrogen-bond donors (Lipinski definition) is 4. The molecule has 0 aliphatic heterocycles. The Morgan fingerprint density at radius 3 is 1.07 bits per heavy atom. The summed E-state index contributed by atoms with van der Waals surface area (Å²) in [6.45, 7) is 1.86. The molecule has 0 saturated carbocycles. The highest BCUT2D eigenvalue weighted by Crippen LogP contribution is 2.46. The van der Waals surface area contributed by atoms with Crippen molar-refractivity contribution in [2.45, 2.75) is 36.9 Å². The number of alkyl halides is 4. The van der Waals surface area contributed by atoms with Gasteiger partial charge in [0.1, 0.15) is 34.7 Å². The molecule has 0 unspecified atom stereocenters. The van der Waals surface area contributed by atoms with E-state index in [9.17, 15) is 27.8 Å². The zero-order valence-electron chi connectivity index (χ0n) is 29.9. The fourth-order valence-corrected chi connectivity index (χ4v) is 5.88. The first-order valence-electron chi connectivity index (χ1n) is 17.0. The van der Waals surface area contributed by atoms with E-state index >= 15 is 17.6 Å². The van der Waals surface area contributed by atoms with E-state index in [1.807, 2.05) is 62.4 Å². The summed E-state index contributed by atoms with van der Waals surface area (Å²) in [5.41, 5.74) is 6.30. The van der Waals surface area contributed by atoms with Crippen LogP contribution in [0.1, 0.15) is 33.6 Å². The van der Waals surface area contributed by atoms with Crippen LogP contribution in [0.25, 0.3) is 22.3 Å². The average Bonchev–Trinajstić information content (AvgIpc) is 3.18. The standard InChI is InChI=1S/2C21H18F4N2O/c2*1-13-2-4-14(5-3-13)15-6-9-19(27-11-15)21(24,25)20(28,12-26)17-8-7-16(22)10-18(17)23/h2*2-11,28H,12,26H2,1H3/t2*20-/m10/s1. The number of nitrogens with two attached hydrogens (primary N) is 2. The largest absolute Gasteiger partial charge is 0.377 e. The topological polar surface area (TPSA) is 118 Å². The molecule has 6 nitrogen and oxygen atoms in total. The zero-order chi connectivity index (χ0) is 41.1. The van der Waals surface area contributed by atoms with Gasteiger partial charge in [0.15, 0.2) is 11.2 Å². The summed E-state index contributed by atoms with van der Waals surface area (Å²) in [4.78, 5) is 7.55.